The Morgan fingerprint density at radius 2 is 1.67 bits per heavy atom. The zero-order chi connectivity index (χ0) is 14.5. The van der Waals surface area contributed by atoms with Crippen molar-refractivity contribution in [2.24, 2.45) is 5.92 Å². The van der Waals surface area contributed by atoms with E-state index in [1.165, 1.54) is 5.56 Å². The van der Waals surface area contributed by atoms with Gasteiger partial charge in [-0.3, -0.25) is 0 Å². The molecule has 2 heteroatoms. The predicted molar refractivity (Wildman–Crippen MR) is 86.1 cm³/mol. The van der Waals surface area contributed by atoms with Crippen molar-refractivity contribution in [3.8, 4) is 0 Å². The molecule has 21 heavy (non-hydrogen) atoms. The van der Waals surface area contributed by atoms with E-state index in [4.69, 9.17) is 0 Å². The maximum Gasteiger partial charge on any atom is 0.0976 e. The van der Waals surface area contributed by atoms with Gasteiger partial charge in [-0.25, -0.2) is 0 Å². The highest BCUT2D eigenvalue weighted by Gasteiger charge is 2.38. The molecule has 1 saturated heterocycles. The van der Waals surface area contributed by atoms with Crippen LogP contribution in [0.3, 0.4) is 0 Å². The van der Waals surface area contributed by atoms with Crippen LogP contribution in [0.2, 0.25) is 0 Å². The Labute approximate surface area is 126 Å². The molecule has 1 fully saturated rings. The molecule has 0 bridgehead atoms. The first-order chi connectivity index (χ1) is 10.3. The molecule has 1 aliphatic rings. The summed E-state index contributed by atoms with van der Waals surface area (Å²) in [5, 5.41) is 15.0. The highest BCUT2D eigenvalue weighted by atomic mass is 16.3. The Hall–Kier alpha value is -1.64. The molecule has 110 valence electrons. The number of rotatable bonds is 4. The van der Waals surface area contributed by atoms with E-state index in [0.717, 1.165) is 31.5 Å². The summed E-state index contributed by atoms with van der Waals surface area (Å²) in [6, 6.07) is 20.4. The van der Waals surface area contributed by atoms with Gasteiger partial charge in [0.25, 0.3) is 0 Å². The number of nitrogens with one attached hydrogen (secondary N) is 1. The lowest BCUT2D eigenvalue weighted by Gasteiger charge is -2.39. The van der Waals surface area contributed by atoms with E-state index in [9.17, 15) is 5.11 Å². The molecule has 0 aromatic heterocycles. The minimum absolute atomic E-state index is 0.258. The Morgan fingerprint density at radius 3 is 2.29 bits per heavy atom. The van der Waals surface area contributed by atoms with Gasteiger partial charge in [0.15, 0.2) is 0 Å². The predicted octanol–water partition coefficient (Wildman–Crippen LogP) is 3.12. The third kappa shape index (κ3) is 3.17. The molecule has 0 radical (unpaired) electrons. The average molecular weight is 281 g/mol. The van der Waals surface area contributed by atoms with Crippen LogP contribution in [-0.2, 0) is 12.0 Å². The van der Waals surface area contributed by atoms with Crippen LogP contribution >= 0.6 is 0 Å². The first kappa shape index (κ1) is 14.3. The molecule has 0 saturated carbocycles. The van der Waals surface area contributed by atoms with Gasteiger partial charge in [0, 0.05) is 18.9 Å². The molecule has 2 atom stereocenters. The lowest BCUT2D eigenvalue weighted by molar-refractivity contribution is -0.0330. The largest absolute Gasteiger partial charge is 0.384 e. The molecule has 2 aromatic carbocycles. The summed E-state index contributed by atoms with van der Waals surface area (Å²) in [6.07, 6.45) is 2.88. The third-order valence-corrected chi connectivity index (χ3v) is 4.56. The highest BCUT2D eigenvalue weighted by molar-refractivity contribution is 5.28. The Bertz CT molecular complexity index is 548. The Kier molecular flexibility index (Phi) is 4.37. The topological polar surface area (TPSA) is 32.3 Å². The number of piperidine rings is 1. The van der Waals surface area contributed by atoms with Gasteiger partial charge < -0.3 is 10.4 Å². The van der Waals surface area contributed by atoms with E-state index >= 15 is 0 Å². The van der Waals surface area contributed by atoms with Crippen LogP contribution in [-0.4, -0.2) is 18.2 Å². The van der Waals surface area contributed by atoms with E-state index in [1.807, 2.05) is 36.4 Å². The second-order valence-electron chi connectivity index (χ2n) is 6.00. The monoisotopic (exact) mass is 281 g/mol. The molecule has 2 unspecified atom stereocenters. The van der Waals surface area contributed by atoms with Crippen LogP contribution in [0.5, 0.6) is 0 Å². The zero-order valence-electron chi connectivity index (χ0n) is 12.3. The molecule has 2 aromatic rings. The van der Waals surface area contributed by atoms with Crippen LogP contribution in [0.15, 0.2) is 60.7 Å². The van der Waals surface area contributed by atoms with Gasteiger partial charge in [0.2, 0.25) is 0 Å². The third-order valence-electron chi connectivity index (χ3n) is 4.56. The normalized spacial score (nSPS) is 21.7. The molecule has 1 heterocycles. The van der Waals surface area contributed by atoms with Gasteiger partial charge in [-0.1, -0.05) is 60.7 Å². The molecule has 0 amide bonds. The van der Waals surface area contributed by atoms with Gasteiger partial charge in [0.05, 0.1) is 5.60 Å². The van der Waals surface area contributed by atoms with Crippen LogP contribution in [0.1, 0.15) is 24.0 Å². The van der Waals surface area contributed by atoms with Gasteiger partial charge in [-0.2, -0.15) is 0 Å². The van der Waals surface area contributed by atoms with E-state index in [1.54, 1.807) is 0 Å². The van der Waals surface area contributed by atoms with E-state index in [0.29, 0.717) is 6.42 Å². The molecule has 2 nitrogen and oxygen atoms in total. The van der Waals surface area contributed by atoms with Gasteiger partial charge in [0.1, 0.15) is 0 Å². The quantitative estimate of drug-likeness (QED) is 0.902. The average Bonchev–Trinajstić information content (AvgIpc) is 2.57. The van der Waals surface area contributed by atoms with Crippen molar-refractivity contribution in [3.63, 3.8) is 0 Å². The second kappa shape index (κ2) is 6.42. The highest BCUT2D eigenvalue weighted by Crippen LogP contribution is 2.36. The Balaban J connectivity index is 1.94. The standard InChI is InChI=1S/C19H23NO/c21-19(17-10-5-2-6-11-17,18-12-7-13-20-15-18)14-16-8-3-1-4-9-16/h1-6,8-11,18,20-21H,7,12-15H2. The number of aliphatic hydroxyl groups is 1. The summed E-state index contributed by atoms with van der Waals surface area (Å²) in [5.74, 6) is 0.258. The van der Waals surface area contributed by atoms with Crippen molar-refractivity contribution in [2.45, 2.75) is 24.9 Å². The lowest BCUT2D eigenvalue weighted by atomic mass is 9.74. The summed E-state index contributed by atoms with van der Waals surface area (Å²) < 4.78 is 0. The van der Waals surface area contributed by atoms with E-state index in [-0.39, 0.29) is 5.92 Å². The number of hydrogen-bond acceptors (Lipinski definition) is 2. The van der Waals surface area contributed by atoms with Gasteiger partial charge in [-0.15, -0.1) is 0 Å². The maximum absolute atomic E-state index is 11.5. The fourth-order valence-electron chi connectivity index (χ4n) is 3.38. The van der Waals surface area contributed by atoms with Crippen molar-refractivity contribution in [2.75, 3.05) is 13.1 Å². The smallest absolute Gasteiger partial charge is 0.0976 e. The van der Waals surface area contributed by atoms with Crippen molar-refractivity contribution < 1.29 is 5.11 Å². The van der Waals surface area contributed by atoms with Crippen molar-refractivity contribution >= 4 is 0 Å². The second-order valence-corrected chi connectivity index (χ2v) is 6.00. The molecule has 0 aliphatic carbocycles. The summed E-state index contributed by atoms with van der Waals surface area (Å²) in [6.45, 7) is 1.95. The van der Waals surface area contributed by atoms with Gasteiger partial charge >= 0.3 is 0 Å². The number of hydrogen-bond donors (Lipinski definition) is 2. The van der Waals surface area contributed by atoms with Crippen LogP contribution < -0.4 is 5.32 Å². The first-order valence-electron chi connectivity index (χ1n) is 7.81. The van der Waals surface area contributed by atoms with Crippen LogP contribution in [0, 0.1) is 5.92 Å². The Morgan fingerprint density at radius 1 is 1.00 bits per heavy atom. The molecule has 2 N–H and O–H groups in total. The molecule has 3 rings (SSSR count). The number of benzene rings is 2. The fourth-order valence-corrected chi connectivity index (χ4v) is 3.38. The van der Waals surface area contributed by atoms with Crippen molar-refractivity contribution in [3.05, 3.63) is 71.8 Å². The van der Waals surface area contributed by atoms with Gasteiger partial charge in [-0.05, 0) is 30.5 Å². The minimum atomic E-state index is -0.796. The summed E-state index contributed by atoms with van der Waals surface area (Å²) >= 11 is 0. The zero-order valence-corrected chi connectivity index (χ0v) is 12.3. The molecule has 0 spiro atoms. The molecular formula is C19H23NO. The molecule has 1 aliphatic heterocycles. The lowest BCUT2D eigenvalue weighted by Crippen LogP contribution is -2.45. The minimum Gasteiger partial charge on any atom is -0.384 e. The first-order valence-corrected chi connectivity index (χ1v) is 7.81. The van der Waals surface area contributed by atoms with Crippen LogP contribution in [0.25, 0.3) is 0 Å². The molecular weight excluding hydrogens is 258 g/mol. The summed E-state index contributed by atoms with van der Waals surface area (Å²) in [7, 11) is 0. The maximum atomic E-state index is 11.5. The van der Waals surface area contributed by atoms with Crippen molar-refractivity contribution in [1.82, 2.24) is 5.32 Å². The SMILES string of the molecule is OC(Cc1ccccc1)(c1ccccc1)C1CCCNC1. The summed E-state index contributed by atoms with van der Waals surface area (Å²) in [5.41, 5.74) is 1.42. The fraction of sp³-hybridized carbons (Fsp3) is 0.368. The van der Waals surface area contributed by atoms with E-state index < -0.39 is 5.60 Å². The van der Waals surface area contributed by atoms with E-state index in [2.05, 4.69) is 29.6 Å². The van der Waals surface area contributed by atoms with Crippen LogP contribution in [0.4, 0.5) is 0 Å². The van der Waals surface area contributed by atoms with Crippen molar-refractivity contribution in [1.29, 1.82) is 0 Å². The summed E-state index contributed by atoms with van der Waals surface area (Å²) in [4.78, 5) is 0.